The molecule has 0 bridgehead atoms. The zero-order valence-corrected chi connectivity index (χ0v) is 19.8. The molecule has 2 aromatic rings. The first kappa shape index (κ1) is 23.6. The van der Waals surface area contributed by atoms with E-state index in [1.165, 1.54) is 62.5 Å². The molecular formula is C24H32Br2O2. The molecule has 2 aromatic carbocycles. The second kappa shape index (κ2) is 15.2. The number of hydrogen-bond acceptors (Lipinski definition) is 2. The van der Waals surface area contributed by atoms with E-state index in [1.807, 2.05) is 0 Å². The van der Waals surface area contributed by atoms with Gasteiger partial charge in [0.15, 0.2) is 0 Å². The van der Waals surface area contributed by atoms with Gasteiger partial charge in [0.2, 0.25) is 0 Å². The van der Waals surface area contributed by atoms with Crippen LogP contribution in [0.2, 0.25) is 0 Å². The Morgan fingerprint density at radius 3 is 1.14 bits per heavy atom. The van der Waals surface area contributed by atoms with Crippen molar-refractivity contribution in [3.8, 4) is 0 Å². The summed E-state index contributed by atoms with van der Waals surface area (Å²) in [7, 11) is 0. The van der Waals surface area contributed by atoms with Gasteiger partial charge in [-0.2, -0.15) is 0 Å². The summed E-state index contributed by atoms with van der Waals surface area (Å²) >= 11 is 6.90. The fourth-order valence-corrected chi connectivity index (χ4v) is 3.54. The molecule has 0 aromatic heterocycles. The third kappa shape index (κ3) is 11.4. The van der Waals surface area contributed by atoms with Gasteiger partial charge in [0.25, 0.3) is 0 Å². The molecule has 0 unspecified atom stereocenters. The van der Waals surface area contributed by atoms with Crippen molar-refractivity contribution in [3.63, 3.8) is 0 Å². The van der Waals surface area contributed by atoms with Gasteiger partial charge >= 0.3 is 0 Å². The molecule has 0 spiro atoms. The smallest absolute Gasteiger partial charge is 0.0716 e. The number of ether oxygens (including phenoxy) is 2. The van der Waals surface area contributed by atoms with Crippen LogP contribution in [0.5, 0.6) is 0 Å². The summed E-state index contributed by atoms with van der Waals surface area (Å²) in [5.41, 5.74) is 2.48. The molecule has 4 heteroatoms. The van der Waals surface area contributed by atoms with Crippen molar-refractivity contribution in [2.45, 2.75) is 64.6 Å². The van der Waals surface area contributed by atoms with Gasteiger partial charge in [-0.1, -0.05) is 94.7 Å². The summed E-state index contributed by atoms with van der Waals surface area (Å²) in [4.78, 5) is 0. The van der Waals surface area contributed by atoms with Crippen molar-refractivity contribution >= 4 is 31.9 Å². The fourth-order valence-electron chi connectivity index (χ4n) is 3.01. The van der Waals surface area contributed by atoms with E-state index in [0.29, 0.717) is 0 Å². The minimum absolute atomic E-state index is 0.719. The van der Waals surface area contributed by atoms with Crippen LogP contribution in [0.15, 0.2) is 57.5 Å². The Labute approximate surface area is 187 Å². The van der Waals surface area contributed by atoms with Crippen LogP contribution >= 0.6 is 31.9 Å². The van der Waals surface area contributed by atoms with Gasteiger partial charge in [-0.25, -0.2) is 0 Å². The molecule has 0 radical (unpaired) electrons. The second-order valence-corrected chi connectivity index (χ2v) is 9.02. The van der Waals surface area contributed by atoms with Crippen LogP contribution in [0.4, 0.5) is 0 Å². The normalized spacial score (nSPS) is 11.1. The Balaban J connectivity index is 1.30. The van der Waals surface area contributed by atoms with Gasteiger partial charge in [-0.15, -0.1) is 0 Å². The molecular weight excluding hydrogens is 480 g/mol. The molecule has 0 aliphatic heterocycles. The Bertz CT molecular complexity index is 569. The van der Waals surface area contributed by atoms with Crippen molar-refractivity contribution < 1.29 is 9.47 Å². The molecule has 0 atom stereocenters. The van der Waals surface area contributed by atoms with Crippen LogP contribution in [0.25, 0.3) is 0 Å². The zero-order chi connectivity index (χ0) is 19.9. The quantitative estimate of drug-likeness (QED) is 0.225. The van der Waals surface area contributed by atoms with Crippen LogP contribution in [0.3, 0.4) is 0 Å². The molecule has 2 nitrogen and oxygen atoms in total. The maximum Gasteiger partial charge on any atom is 0.0716 e. The maximum atomic E-state index is 5.75. The van der Waals surface area contributed by atoms with E-state index < -0.39 is 0 Å². The first-order valence-electron chi connectivity index (χ1n) is 10.4. The third-order valence-corrected chi connectivity index (χ3v) is 5.75. The standard InChI is InChI=1S/C24H32Br2O2/c25-23-13-9-21(10-14-23)19-27-17-7-5-3-1-2-4-6-8-18-28-20-22-11-15-24(26)16-12-22/h9-16H,1-8,17-20H2. The summed E-state index contributed by atoms with van der Waals surface area (Å²) in [6.45, 7) is 3.17. The largest absolute Gasteiger partial charge is 0.377 e. The van der Waals surface area contributed by atoms with Gasteiger partial charge < -0.3 is 9.47 Å². The van der Waals surface area contributed by atoms with Gasteiger partial charge in [0.1, 0.15) is 0 Å². The average Bonchev–Trinajstić information content (AvgIpc) is 2.71. The molecule has 0 aliphatic carbocycles. The topological polar surface area (TPSA) is 18.5 Å². The van der Waals surface area contributed by atoms with Crippen LogP contribution in [-0.4, -0.2) is 13.2 Å². The van der Waals surface area contributed by atoms with E-state index in [1.54, 1.807) is 0 Å². The molecule has 0 heterocycles. The molecule has 0 amide bonds. The predicted octanol–water partition coefficient (Wildman–Crippen LogP) is 8.07. The lowest BCUT2D eigenvalue weighted by Crippen LogP contribution is -1.96. The lowest BCUT2D eigenvalue weighted by Gasteiger charge is -2.06. The lowest BCUT2D eigenvalue weighted by atomic mass is 10.1. The summed E-state index contributed by atoms with van der Waals surface area (Å²) in [5.74, 6) is 0. The van der Waals surface area contributed by atoms with E-state index >= 15 is 0 Å². The number of benzene rings is 2. The van der Waals surface area contributed by atoms with E-state index in [4.69, 9.17) is 9.47 Å². The summed E-state index contributed by atoms with van der Waals surface area (Å²) in [5, 5.41) is 0. The average molecular weight is 512 g/mol. The zero-order valence-electron chi connectivity index (χ0n) is 16.7. The highest BCUT2D eigenvalue weighted by Gasteiger charge is 1.97. The highest BCUT2D eigenvalue weighted by atomic mass is 79.9. The van der Waals surface area contributed by atoms with Crippen LogP contribution in [-0.2, 0) is 22.7 Å². The van der Waals surface area contributed by atoms with Crippen molar-refractivity contribution in [1.82, 2.24) is 0 Å². The highest BCUT2D eigenvalue weighted by molar-refractivity contribution is 9.10. The number of unbranched alkanes of at least 4 members (excludes halogenated alkanes) is 7. The second-order valence-electron chi connectivity index (χ2n) is 7.19. The SMILES string of the molecule is Brc1ccc(COCCCCCCCCCCOCc2ccc(Br)cc2)cc1. The summed E-state index contributed by atoms with van der Waals surface area (Å²) < 4.78 is 13.7. The Morgan fingerprint density at radius 1 is 0.464 bits per heavy atom. The van der Waals surface area contributed by atoms with Gasteiger partial charge in [-0.05, 0) is 48.2 Å². The molecule has 0 aliphatic rings. The van der Waals surface area contributed by atoms with E-state index in [2.05, 4.69) is 80.4 Å². The van der Waals surface area contributed by atoms with Crippen LogP contribution in [0, 0.1) is 0 Å². The number of hydrogen-bond donors (Lipinski definition) is 0. The Kier molecular flexibility index (Phi) is 12.8. The van der Waals surface area contributed by atoms with Crippen LogP contribution < -0.4 is 0 Å². The van der Waals surface area contributed by atoms with Gasteiger partial charge in [-0.3, -0.25) is 0 Å². The minimum Gasteiger partial charge on any atom is -0.377 e. The highest BCUT2D eigenvalue weighted by Crippen LogP contribution is 2.13. The van der Waals surface area contributed by atoms with Crippen molar-refractivity contribution in [3.05, 3.63) is 68.6 Å². The number of rotatable bonds is 15. The Morgan fingerprint density at radius 2 is 0.786 bits per heavy atom. The summed E-state index contributed by atoms with van der Waals surface area (Å²) in [6.07, 6.45) is 10.2. The van der Waals surface area contributed by atoms with Crippen LogP contribution in [0.1, 0.15) is 62.5 Å². The number of halogens is 2. The van der Waals surface area contributed by atoms with Gasteiger partial charge in [0, 0.05) is 22.2 Å². The molecule has 28 heavy (non-hydrogen) atoms. The maximum absolute atomic E-state index is 5.75. The lowest BCUT2D eigenvalue weighted by molar-refractivity contribution is 0.116. The molecule has 0 saturated carbocycles. The first-order chi connectivity index (χ1) is 13.7. The molecule has 0 fully saturated rings. The predicted molar refractivity (Wildman–Crippen MR) is 125 cm³/mol. The minimum atomic E-state index is 0.719. The van der Waals surface area contributed by atoms with Crippen molar-refractivity contribution in [2.75, 3.05) is 13.2 Å². The monoisotopic (exact) mass is 510 g/mol. The van der Waals surface area contributed by atoms with Crippen molar-refractivity contribution in [1.29, 1.82) is 0 Å². The van der Waals surface area contributed by atoms with E-state index in [0.717, 1.165) is 35.4 Å². The Hall–Kier alpha value is -0.680. The third-order valence-electron chi connectivity index (χ3n) is 4.69. The van der Waals surface area contributed by atoms with E-state index in [-0.39, 0.29) is 0 Å². The van der Waals surface area contributed by atoms with Crippen molar-refractivity contribution in [2.24, 2.45) is 0 Å². The van der Waals surface area contributed by atoms with Gasteiger partial charge in [0.05, 0.1) is 13.2 Å². The molecule has 154 valence electrons. The van der Waals surface area contributed by atoms with E-state index in [9.17, 15) is 0 Å². The molecule has 0 N–H and O–H groups in total. The first-order valence-corrected chi connectivity index (χ1v) is 12.0. The fraction of sp³-hybridized carbons (Fsp3) is 0.500. The molecule has 2 rings (SSSR count). The summed E-state index contributed by atoms with van der Waals surface area (Å²) in [6, 6.07) is 16.7. The molecule has 0 saturated heterocycles.